The molecule has 0 unspecified atom stereocenters. The average molecular weight is 298 g/mol. The molecule has 0 bridgehead atoms. The van der Waals surface area contributed by atoms with Crippen LogP contribution in [0.25, 0.3) is 0 Å². The van der Waals surface area contributed by atoms with Gasteiger partial charge in [-0.3, -0.25) is 9.71 Å². The molecule has 1 aliphatic rings. The minimum absolute atomic E-state index is 0.844. The zero-order chi connectivity index (χ0) is 13.5. The minimum Gasteiger partial charge on any atom is -0.309 e. The summed E-state index contributed by atoms with van der Waals surface area (Å²) in [5, 5.41) is 4.33. The Morgan fingerprint density at radius 2 is 1.95 bits per heavy atom. The largest absolute Gasteiger partial charge is 0.309 e. The molecular weight excluding hydrogens is 276 g/mol. The average Bonchev–Trinajstić information content (AvgIpc) is 2.77. The molecule has 0 saturated carbocycles. The Hall–Kier alpha value is -0.750. The van der Waals surface area contributed by atoms with Gasteiger partial charge in [-0.15, -0.1) is 11.3 Å². The number of rotatable bonds is 7. The second-order valence-electron chi connectivity index (χ2n) is 4.70. The smallest absolute Gasteiger partial charge is 0.207 e. The molecular formula is C13H22N4S2. The number of hydrogen-bond donors (Lipinski definition) is 2. The number of aliphatic imine (C=N–C) groups is 1. The minimum atomic E-state index is 0.844. The Kier molecular flexibility index (Phi) is 5.97. The van der Waals surface area contributed by atoms with E-state index >= 15 is 0 Å². The Balaban J connectivity index is 1.67. The van der Waals surface area contributed by atoms with Crippen molar-refractivity contribution in [3.63, 3.8) is 0 Å². The Morgan fingerprint density at radius 1 is 1.16 bits per heavy atom. The maximum atomic E-state index is 4.55. The summed E-state index contributed by atoms with van der Waals surface area (Å²) in [6, 6.07) is 0. The summed E-state index contributed by atoms with van der Waals surface area (Å²) < 4.78 is 4.42. The van der Waals surface area contributed by atoms with E-state index in [1.54, 1.807) is 23.3 Å². The third kappa shape index (κ3) is 4.69. The molecule has 0 aliphatic carbocycles. The molecule has 0 aromatic carbocycles. The Labute approximate surface area is 123 Å². The summed E-state index contributed by atoms with van der Waals surface area (Å²) in [6.07, 6.45) is 7.82. The van der Waals surface area contributed by atoms with E-state index in [1.165, 1.54) is 42.7 Å². The lowest BCUT2D eigenvalue weighted by molar-refractivity contribution is 0.612. The van der Waals surface area contributed by atoms with Gasteiger partial charge in [0.15, 0.2) is 5.82 Å². The molecule has 1 aromatic heterocycles. The molecule has 19 heavy (non-hydrogen) atoms. The van der Waals surface area contributed by atoms with Crippen molar-refractivity contribution in [3.05, 3.63) is 5.01 Å². The fraction of sp³-hybridized carbons (Fsp3) is 0.692. The van der Waals surface area contributed by atoms with Gasteiger partial charge in [0.05, 0.1) is 5.01 Å². The number of nitrogens with zero attached hydrogens (tertiary/aromatic N) is 2. The highest BCUT2D eigenvalue weighted by molar-refractivity contribution is 8.00. The first-order valence-electron chi connectivity index (χ1n) is 7.01. The summed E-state index contributed by atoms with van der Waals surface area (Å²) in [5.74, 6) is 1.80. The van der Waals surface area contributed by atoms with E-state index < -0.39 is 0 Å². The molecule has 1 aromatic rings. The first-order valence-corrected chi connectivity index (χ1v) is 8.64. The van der Waals surface area contributed by atoms with E-state index in [2.05, 4.69) is 26.9 Å². The number of anilines is 1. The van der Waals surface area contributed by atoms with E-state index in [4.69, 9.17) is 0 Å². The van der Waals surface area contributed by atoms with Gasteiger partial charge in [-0.05, 0) is 13.3 Å². The molecule has 6 heteroatoms. The maximum absolute atomic E-state index is 4.55. The van der Waals surface area contributed by atoms with E-state index in [1.807, 2.05) is 6.92 Å². The van der Waals surface area contributed by atoms with Gasteiger partial charge in [0, 0.05) is 18.5 Å². The van der Waals surface area contributed by atoms with Crippen molar-refractivity contribution in [3.8, 4) is 0 Å². The van der Waals surface area contributed by atoms with Crippen LogP contribution in [0.1, 0.15) is 50.5 Å². The first-order chi connectivity index (χ1) is 9.29. The SMILES string of the molecule is CCCCCCCCN=C1NSc2sc(C)nc2N1. The fourth-order valence-electron chi connectivity index (χ4n) is 1.94. The fourth-order valence-corrected chi connectivity index (χ4v) is 3.69. The number of hydrogen-bond acceptors (Lipinski definition) is 4. The molecule has 0 amide bonds. The van der Waals surface area contributed by atoms with Crippen molar-refractivity contribution < 1.29 is 0 Å². The van der Waals surface area contributed by atoms with Gasteiger partial charge >= 0.3 is 0 Å². The quantitative estimate of drug-likeness (QED) is 0.585. The van der Waals surface area contributed by atoms with Gasteiger partial charge in [-0.2, -0.15) is 0 Å². The third-order valence-electron chi connectivity index (χ3n) is 2.96. The Morgan fingerprint density at radius 3 is 2.79 bits per heavy atom. The maximum Gasteiger partial charge on any atom is 0.207 e. The summed E-state index contributed by atoms with van der Waals surface area (Å²) in [5.41, 5.74) is 0. The molecule has 1 aliphatic heterocycles. The van der Waals surface area contributed by atoms with E-state index in [0.717, 1.165) is 23.3 Å². The van der Waals surface area contributed by atoms with Crippen LogP contribution in [0.4, 0.5) is 5.82 Å². The zero-order valence-electron chi connectivity index (χ0n) is 11.7. The van der Waals surface area contributed by atoms with Gasteiger partial charge in [0.1, 0.15) is 4.21 Å². The predicted octanol–water partition coefficient (Wildman–Crippen LogP) is 4.19. The summed E-state index contributed by atoms with van der Waals surface area (Å²) in [7, 11) is 0. The summed E-state index contributed by atoms with van der Waals surface area (Å²) in [4.78, 5) is 8.99. The molecule has 4 nitrogen and oxygen atoms in total. The van der Waals surface area contributed by atoms with Crippen molar-refractivity contribution in [1.82, 2.24) is 9.71 Å². The highest BCUT2D eigenvalue weighted by Crippen LogP contribution is 2.33. The van der Waals surface area contributed by atoms with Crippen LogP contribution in [-0.2, 0) is 0 Å². The third-order valence-corrected chi connectivity index (χ3v) is 4.90. The number of thiazole rings is 1. The van der Waals surface area contributed by atoms with Crippen LogP contribution >= 0.6 is 23.3 Å². The van der Waals surface area contributed by atoms with E-state index in [0.29, 0.717) is 0 Å². The van der Waals surface area contributed by atoms with Crippen molar-refractivity contribution in [2.75, 3.05) is 11.9 Å². The van der Waals surface area contributed by atoms with Gasteiger partial charge in [0.25, 0.3) is 0 Å². The van der Waals surface area contributed by atoms with E-state index in [9.17, 15) is 0 Å². The lowest BCUT2D eigenvalue weighted by Crippen LogP contribution is -2.29. The number of aromatic nitrogens is 1. The standard InChI is InChI=1S/C13H22N4S2/c1-3-4-5-6-7-8-9-14-13-16-11-12(19-17-13)18-10(2)15-11/h3-9H2,1-2H3,(H2,14,16,17). The lowest BCUT2D eigenvalue weighted by atomic mass is 10.1. The highest BCUT2D eigenvalue weighted by Gasteiger charge is 2.17. The number of guanidine groups is 1. The Bertz CT molecular complexity index is 428. The van der Waals surface area contributed by atoms with Crippen molar-refractivity contribution in [2.45, 2.75) is 56.6 Å². The van der Waals surface area contributed by atoms with Gasteiger partial charge in [0.2, 0.25) is 5.96 Å². The predicted molar refractivity (Wildman–Crippen MR) is 85.1 cm³/mol. The van der Waals surface area contributed by atoms with E-state index in [-0.39, 0.29) is 0 Å². The number of unbranched alkanes of at least 4 members (excludes halogenated alkanes) is 5. The molecule has 2 N–H and O–H groups in total. The van der Waals surface area contributed by atoms with Crippen LogP contribution in [0.15, 0.2) is 9.20 Å². The number of nitrogens with one attached hydrogen (secondary N) is 2. The van der Waals surface area contributed by atoms with Gasteiger partial charge in [-0.1, -0.05) is 39.0 Å². The van der Waals surface area contributed by atoms with Crippen molar-refractivity contribution >= 4 is 35.1 Å². The summed E-state index contributed by atoms with van der Waals surface area (Å²) in [6.45, 7) is 5.16. The molecule has 0 radical (unpaired) electrons. The topological polar surface area (TPSA) is 49.3 Å². The van der Waals surface area contributed by atoms with Gasteiger partial charge < -0.3 is 5.32 Å². The van der Waals surface area contributed by atoms with Crippen LogP contribution in [0.5, 0.6) is 0 Å². The molecule has 0 atom stereocenters. The van der Waals surface area contributed by atoms with Gasteiger partial charge in [-0.25, -0.2) is 4.98 Å². The normalized spacial score (nSPS) is 16.0. The molecule has 0 spiro atoms. The molecule has 2 rings (SSSR count). The monoisotopic (exact) mass is 298 g/mol. The second-order valence-corrected chi connectivity index (χ2v) is 6.97. The van der Waals surface area contributed by atoms with Crippen LogP contribution in [-0.4, -0.2) is 17.5 Å². The molecule has 0 fully saturated rings. The second kappa shape index (κ2) is 7.75. The van der Waals surface area contributed by atoms with Crippen molar-refractivity contribution in [2.24, 2.45) is 4.99 Å². The van der Waals surface area contributed by atoms with Crippen molar-refractivity contribution in [1.29, 1.82) is 0 Å². The number of aryl methyl sites for hydroxylation is 1. The van der Waals surface area contributed by atoms with Crippen LogP contribution < -0.4 is 10.0 Å². The molecule has 106 valence electrons. The highest BCUT2D eigenvalue weighted by atomic mass is 32.2. The first kappa shape index (κ1) is 14.7. The van der Waals surface area contributed by atoms with Crippen LogP contribution in [0.2, 0.25) is 0 Å². The summed E-state index contributed by atoms with van der Waals surface area (Å²) >= 11 is 3.31. The van der Waals surface area contributed by atoms with Crippen LogP contribution in [0, 0.1) is 6.92 Å². The number of fused-ring (bicyclic) bond motifs is 1. The lowest BCUT2D eigenvalue weighted by Gasteiger charge is -2.15. The molecule has 0 saturated heterocycles. The molecule has 2 heterocycles. The zero-order valence-corrected chi connectivity index (χ0v) is 13.3. The van der Waals surface area contributed by atoms with Crippen LogP contribution in [0.3, 0.4) is 0 Å².